The summed E-state index contributed by atoms with van der Waals surface area (Å²) in [4.78, 5) is 148. The van der Waals surface area contributed by atoms with E-state index in [1.54, 1.807) is 31.2 Å². The second kappa shape index (κ2) is 37.8. The summed E-state index contributed by atoms with van der Waals surface area (Å²) >= 11 is 20.3. The maximum Gasteiger partial charge on any atom is 0.349 e. The van der Waals surface area contributed by atoms with Gasteiger partial charge >= 0.3 is 11.7 Å². The molecule has 2 fully saturated rings. The van der Waals surface area contributed by atoms with Crippen molar-refractivity contribution in [2.75, 3.05) is 25.5 Å². The Hall–Kier alpha value is -11.6. The molecule has 0 saturated carbocycles. The van der Waals surface area contributed by atoms with E-state index in [-0.39, 0.29) is 60.1 Å². The summed E-state index contributed by atoms with van der Waals surface area (Å²) in [5.74, 6) is -17.1. The number of aliphatic carboxylic acids is 1. The number of fused-ring (bicyclic) bond motifs is 15. The fourth-order valence-electron chi connectivity index (χ4n) is 14.7. The van der Waals surface area contributed by atoms with Gasteiger partial charge in [0.1, 0.15) is 95.3 Å². The van der Waals surface area contributed by atoms with Crippen LogP contribution in [-0.4, -0.2) is 213 Å². The zero-order valence-electron chi connectivity index (χ0n) is 65.4. The fraction of sp³-hybridized carbons (Fsp3) is 0.370. The van der Waals surface area contributed by atoms with Gasteiger partial charge in [-0.15, -0.1) is 0 Å². The SMILES string of the molecule is CN[C@H](CC(C)C)C(=O)N[C@H]1C(=O)N[C@@H](CC(N)=O)C(=O)NC2C(=O)NC3C(=O)N[C@H](C(=O)N[C@@H](C(=O)O)c4cc(O)cc(O)c4-c4cc3ccc4O)[C@H](O)c3ccc(c(Cl)c3)Oc3cc2cc(c3OC2O[C@H](CO)[C@@H](O)[C@H](O)[C@H]2O[C@H]2C[C@](C)(NCCn3ccc(NC(=O)/C=C/c4ccc(Cl)cc4)nc3=O)[C@H](O)[C@H](C)O2)Oc2ccc(cc2Cl)[C@H]1O. The molecule has 18 atom stereocenters. The lowest BCUT2D eigenvalue weighted by molar-refractivity contribution is -0.334. The Morgan fingerprint density at radius 2 is 1.36 bits per heavy atom. The Bertz CT molecular complexity index is 5300. The first-order valence-corrected chi connectivity index (χ1v) is 39.3. The number of carbonyl (C=O) groups is 9. The Kier molecular flexibility index (Phi) is 27.8. The maximum atomic E-state index is 16.2. The summed E-state index contributed by atoms with van der Waals surface area (Å²) < 4.78 is 40.5. The molecule has 38 nitrogen and oxygen atoms in total. The van der Waals surface area contributed by atoms with Crippen LogP contribution in [0.15, 0.2) is 126 Å². The van der Waals surface area contributed by atoms with Crippen LogP contribution in [0.1, 0.15) is 111 Å². The van der Waals surface area contributed by atoms with Crippen molar-refractivity contribution in [1.82, 2.24) is 52.1 Å². The number of nitrogens with one attached hydrogen (secondary N) is 9. The number of phenols is 3. The molecule has 648 valence electrons. The van der Waals surface area contributed by atoms with Crippen molar-refractivity contribution >= 4 is 99.9 Å². The van der Waals surface area contributed by atoms with Gasteiger partial charge in [0.25, 0.3) is 0 Å². The van der Waals surface area contributed by atoms with Crippen LogP contribution in [0.3, 0.4) is 0 Å². The van der Waals surface area contributed by atoms with E-state index >= 15 is 14.4 Å². The normalized spacial score (nSPS) is 26.4. The number of likely N-dealkylation sites (N-methyl/N-ethyl adjacent to an activating group) is 1. The number of primary amides is 1. The molecular formula is C81H87Cl3N12O26. The second-order valence-corrected chi connectivity index (χ2v) is 31.5. The number of aromatic nitrogens is 2. The van der Waals surface area contributed by atoms with Crippen LogP contribution in [0.25, 0.3) is 17.2 Å². The molecule has 0 aliphatic carbocycles. The van der Waals surface area contributed by atoms with Gasteiger partial charge in [-0.05, 0) is 140 Å². The van der Waals surface area contributed by atoms with Crippen molar-refractivity contribution in [3.8, 4) is 57.1 Å². The number of halogens is 3. The molecule has 122 heavy (non-hydrogen) atoms. The summed E-state index contributed by atoms with van der Waals surface area (Å²) in [5.41, 5.74) is 1.29. The number of anilines is 1. The molecule has 7 aliphatic rings. The van der Waals surface area contributed by atoms with Crippen LogP contribution >= 0.6 is 34.8 Å². The molecule has 2 saturated heterocycles. The zero-order chi connectivity index (χ0) is 88.2. The summed E-state index contributed by atoms with van der Waals surface area (Å²) in [7, 11) is 1.46. The Labute approximate surface area is 708 Å². The number of hydrogen-bond donors (Lipinski definition) is 20. The van der Waals surface area contributed by atoms with Crippen LogP contribution in [0, 0.1) is 5.92 Å². The Morgan fingerprint density at radius 3 is 1.98 bits per heavy atom. The number of carboxylic acid groups (broad SMARTS) is 1. The van der Waals surface area contributed by atoms with E-state index in [9.17, 15) is 84.6 Å². The van der Waals surface area contributed by atoms with Gasteiger partial charge in [0, 0.05) is 65.1 Å². The standard InChI is InChI=1S/C81H87Cl3N12O26/c1-33(2)22-46(86-5)72(108)94-63-65(103)37-10-15-50(44(83)24-37)118-52-26-39-27-53(69(52)122-79-70(68(106)67(105)54(32-97)120-79)121-58-31-81(4,71(107)34(3)117-58)87-19-21-96-20-18-56(90-80(96)116)89-57(102)17-8-35-6-12-40(82)13-7-35)119-51-16-11-38(25-45(51)84)66(104)64-77(113)93-62(78(114)115)43-28-41(98)29-49(100)59(43)42-23-36(9-14-48(42)99)60(74(110)95-64)92-75(111)61(39)91-73(109)47(30-55(85)101)88-76(63)112/h6-18,20,23-29,33-34,46-47,54,58,60-68,70-71,79,86-87,97-100,103-107H,19,21-22,30-32H2,1-5H3,(H2,85,101)(H,88,112)(H,91,109)(H,92,111)(H,93,113)(H,94,108)(H,95,110)(H,114,115)(H,89,90,102,116)/b17-8+/t34-,46+,47-,54+,58-,60?,61?,62+,63+,64-,65+,66+,67+,68-,70+,71+,79?,81-/m0/s1. The molecule has 6 aromatic carbocycles. The third-order valence-electron chi connectivity index (χ3n) is 21.0. The highest BCUT2D eigenvalue weighted by Gasteiger charge is 2.52. The van der Waals surface area contributed by atoms with Crippen LogP contribution in [0.2, 0.25) is 15.1 Å². The number of rotatable bonds is 20. The van der Waals surface area contributed by atoms with Crippen molar-refractivity contribution in [2.24, 2.45) is 11.7 Å². The summed E-state index contributed by atoms with van der Waals surface area (Å²) in [6.45, 7) is 5.59. The highest BCUT2D eigenvalue weighted by Crippen LogP contribution is 2.50. The van der Waals surface area contributed by atoms with Gasteiger partial charge in [-0.1, -0.05) is 79.0 Å². The first kappa shape index (κ1) is 89.7. The Morgan fingerprint density at radius 1 is 0.721 bits per heavy atom. The van der Waals surface area contributed by atoms with Crippen LogP contribution in [-0.2, 0) is 63.9 Å². The minimum absolute atomic E-state index is 0.0355. The number of amides is 8. The number of carboxylic acids is 1. The van der Waals surface area contributed by atoms with Crippen LogP contribution in [0.4, 0.5) is 5.82 Å². The number of aliphatic hydroxyl groups excluding tert-OH is 6. The van der Waals surface area contributed by atoms with E-state index in [0.717, 1.165) is 66.7 Å². The smallest absolute Gasteiger partial charge is 0.349 e. The average molecular weight is 1750 g/mol. The van der Waals surface area contributed by atoms with Crippen molar-refractivity contribution < 1.29 is 123 Å². The predicted molar refractivity (Wildman–Crippen MR) is 431 cm³/mol. The largest absolute Gasteiger partial charge is 0.508 e. The first-order valence-electron chi connectivity index (χ1n) is 38.1. The number of aliphatic hydroxyl groups is 6. The molecular weight excluding hydrogens is 1660 g/mol. The molecule has 7 aliphatic heterocycles. The van der Waals surface area contributed by atoms with E-state index in [4.69, 9.17) is 69.0 Å². The molecule has 1 aromatic heterocycles. The van der Waals surface area contributed by atoms with Crippen molar-refractivity contribution in [1.29, 1.82) is 0 Å². The van der Waals surface area contributed by atoms with Gasteiger partial charge < -0.3 is 133 Å². The molecule has 41 heteroatoms. The highest BCUT2D eigenvalue weighted by atomic mass is 35.5. The number of aromatic hydroxyl groups is 3. The van der Waals surface area contributed by atoms with Gasteiger partial charge in [0.2, 0.25) is 59.3 Å². The quantitative estimate of drug-likeness (QED) is 0.0487. The third kappa shape index (κ3) is 20.1. The number of carbonyl (C=O) groups excluding carboxylic acids is 8. The van der Waals surface area contributed by atoms with Crippen LogP contribution < -0.4 is 73.5 Å². The van der Waals surface area contributed by atoms with E-state index in [1.807, 2.05) is 13.8 Å². The lowest BCUT2D eigenvalue weighted by Crippen LogP contribution is -2.65. The first-order chi connectivity index (χ1) is 57.9. The molecule has 0 radical (unpaired) electrons. The summed E-state index contributed by atoms with van der Waals surface area (Å²) in [5, 5.41) is 139. The molecule has 8 amide bonds. The zero-order valence-corrected chi connectivity index (χ0v) is 67.6. The number of phenolic OH excluding ortho intramolecular Hbond substituents is 3. The molecule has 21 N–H and O–H groups in total. The van der Waals surface area contributed by atoms with Gasteiger partial charge in [-0.25, -0.2) is 9.59 Å². The maximum absolute atomic E-state index is 16.2. The molecule has 8 heterocycles. The number of nitrogens with zero attached hydrogens (tertiary/aromatic N) is 2. The fourth-order valence-corrected chi connectivity index (χ4v) is 15.3. The molecule has 14 rings (SSSR count). The van der Waals surface area contributed by atoms with E-state index in [1.165, 1.54) is 55.1 Å². The minimum atomic E-state index is -2.40. The topological polar surface area (TPSA) is 580 Å². The van der Waals surface area contributed by atoms with Crippen molar-refractivity contribution in [3.63, 3.8) is 0 Å². The molecule has 3 unspecified atom stereocenters. The van der Waals surface area contributed by atoms with E-state index < -0.39 is 254 Å². The lowest BCUT2D eigenvalue weighted by Gasteiger charge is -2.48. The van der Waals surface area contributed by atoms with E-state index in [0.29, 0.717) is 10.6 Å². The van der Waals surface area contributed by atoms with Gasteiger partial charge in [-0.3, -0.25) is 42.9 Å². The van der Waals surface area contributed by atoms with Crippen LogP contribution in [0.5, 0.6) is 46.0 Å². The predicted octanol–water partition coefficient (Wildman–Crippen LogP) is 2.30. The Balaban J connectivity index is 0.992. The number of ether oxygens (including phenoxy) is 6. The number of benzene rings is 6. The summed E-state index contributed by atoms with van der Waals surface area (Å²) in [6, 6.07) is 6.98. The third-order valence-corrected chi connectivity index (χ3v) is 21.9. The van der Waals surface area contributed by atoms with Crippen molar-refractivity contribution in [2.45, 2.75) is 163 Å². The molecule has 0 spiro atoms. The molecule has 7 aromatic rings. The lowest BCUT2D eigenvalue weighted by atomic mass is 9.85. The average Bonchev–Trinajstić information content (AvgIpc) is 0.763. The summed E-state index contributed by atoms with van der Waals surface area (Å²) in [6.07, 6.45) is -15.4. The van der Waals surface area contributed by atoms with E-state index in [2.05, 4.69) is 52.8 Å². The monoisotopic (exact) mass is 1750 g/mol. The van der Waals surface area contributed by atoms with Gasteiger partial charge in [0.05, 0.1) is 41.3 Å². The highest BCUT2D eigenvalue weighted by molar-refractivity contribution is 6.32. The number of nitrogens with two attached hydrogens (primary N) is 1. The van der Waals surface area contributed by atoms with Crippen molar-refractivity contribution in [3.05, 3.63) is 180 Å². The second-order valence-electron chi connectivity index (χ2n) is 30.2. The number of hydrogen-bond acceptors (Lipinski definition) is 28. The molecule has 11 bridgehead atoms. The van der Waals surface area contributed by atoms with Gasteiger partial charge in [0.15, 0.2) is 29.9 Å². The minimum Gasteiger partial charge on any atom is -0.508 e. The van der Waals surface area contributed by atoms with Gasteiger partial charge in [-0.2, -0.15) is 4.98 Å².